The highest BCUT2D eigenvalue weighted by Crippen LogP contribution is 2.33. The number of hydrogen-bond acceptors (Lipinski definition) is 3. The van der Waals surface area contributed by atoms with Crippen molar-refractivity contribution in [3.05, 3.63) is 58.6 Å². The molecule has 0 spiro atoms. The Kier molecular flexibility index (Phi) is 6.52. The molecule has 4 rings (SSSR count). The highest BCUT2D eigenvalue weighted by atomic mass is 35.5. The Labute approximate surface area is 182 Å². The van der Waals surface area contributed by atoms with Crippen LogP contribution >= 0.6 is 24.0 Å². The number of nitrogens with two attached hydrogens (primary N) is 1. The number of carbonyl (C=O) groups is 2. The van der Waals surface area contributed by atoms with Gasteiger partial charge in [-0.05, 0) is 48.2 Å². The molecule has 1 heterocycles. The van der Waals surface area contributed by atoms with Crippen LogP contribution in [0.3, 0.4) is 0 Å². The monoisotopic (exact) mass is 433 g/mol. The Hall–Kier alpha value is -2.08. The zero-order valence-corrected chi connectivity index (χ0v) is 17.7. The molecule has 2 aromatic rings. The molecular formula is C22H25Cl2N3O2. The number of nitrogens with zero attached hydrogens (tertiary/aromatic N) is 1. The minimum Gasteiger partial charge on any atom is -0.324 e. The second-order valence-corrected chi connectivity index (χ2v) is 8.23. The van der Waals surface area contributed by atoms with E-state index in [9.17, 15) is 9.59 Å². The minimum absolute atomic E-state index is 0. The molecule has 1 fully saturated rings. The summed E-state index contributed by atoms with van der Waals surface area (Å²) in [4.78, 5) is 26.7. The third kappa shape index (κ3) is 4.58. The maximum Gasteiger partial charge on any atom is 0.244 e. The van der Waals surface area contributed by atoms with Crippen LogP contribution in [0, 0.1) is 0 Å². The van der Waals surface area contributed by atoms with E-state index in [4.69, 9.17) is 17.3 Å². The van der Waals surface area contributed by atoms with Gasteiger partial charge in [-0.1, -0.05) is 49.1 Å². The average molecular weight is 434 g/mol. The summed E-state index contributed by atoms with van der Waals surface area (Å²) >= 11 is 6.10. The molecule has 0 saturated heterocycles. The van der Waals surface area contributed by atoms with Crippen LogP contribution in [0.1, 0.15) is 43.2 Å². The summed E-state index contributed by atoms with van der Waals surface area (Å²) in [5.41, 5.74) is 9.11. The highest BCUT2D eigenvalue weighted by Gasteiger charge is 2.35. The van der Waals surface area contributed by atoms with Gasteiger partial charge in [0.25, 0.3) is 0 Å². The van der Waals surface area contributed by atoms with E-state index in [-0.39, 0.29) is 24.2 Å². The van der Waals surface area contributed by atoms with E-state index in [1.807, 2.05) is 42.5 Å². The van der Waals surface area contributed by atoms with Gasteiger partial charge in [-0.2, -0.15) is 0 Å². The van der Waals surface area contributed by atoms with Crippen LogP contribution in [0.25, 0.3) is 0 Å². The van der Waals surface area contributed by atoms with E-state index in [1.54, 1.807) is 4.90 Å². The Morgan fingerprint density at radius 2 is 1.79 bits per heavy atom. The fraction of sp³-hybridized carbons (Fsp3) is 0.364. The van der Waals surface area contributed by atoms with Crippen molar-refractivity contribution in [2.45, 2.75) is 50.6 Å². The van der Waals surface area contributed by atoms with E-state index < -0.39 is 5.54 Å². The summed E-state index contributed by atoms with van der Waals surface area (Å²) in [5.74, 6) is -0.0461. The van der Waals surface area contributed by atoms with Crippen LogP contribution in [0.15, 0.2) is 42.5 Å². The number of rotatable bonds is 4. The fourth-order valence-electron chi connectivity index (χ4n) is 4.05. The van der Waals surface area contributed by atoms with Gasteiger partial charge in [0.2, 0.25) is 11.8 Å². The number of nitrogens with one attached hydrogen (secondary N) is 1. The predicted octanol–water partition coefficient (Wildman–Crippen LogP) is 4.45. The summed E-state index contributed by atoms with van der Waals surface area (Å²) in [5, 5.41) is 3.56. The lowest BCUT2D eigenvalue weighted by atomic mass is 9.82. The van der Waals surface area contributed by atoms with E-state index in [0.29, 0.717) is 18.0 Å². The Bertz CT molecular complexity index is 909. The molecule has 0 aromatic heterocycles. The second-order valence-electron chi connectivity index (χ2n) is 7.80. The normalized spacial score (nSPS) is 17.4. The maximum absolute atomic E-state index is 12.6. The third-order valence-electron chi connectivity index (χ3n) is 5.73. The Morgan fingerprint density at radius 1 is 1.10 bits per heavy atom. The SMILES string of the molecule is Cl.NC1(C(=O)Nc2ccc(CN3C(=O)Cc4ccc(Cl)cc43)cc2)CCCCC1. The number of halogens is 2. The lowest BCUT2D eigenvalue weighted by Crippen LogP contribution is -2.52. The van der Waals surface area contributed by atoms with Crippen molar-refractivity contribution >= 4 is 47.2 Å². The predicted molar refractivity (Wildman–Crippen MR) is 119 cm³/mol. The number of anilines is 2. The van der Waals surface area contributed by atoms with Crippen LogP contribution in [0.4, 0.5) is 11.4 Å². The van der Waals surface area contributed by atoms with E-state index >= 15 is 0 Å². The van der Waals surface area contributed by atoms with Crippen molar-refractivity contribution in [1.29, 1.82) is 0 Å². The van der Waals surface area contributed by atoms with Gasteiger partial charge in [0, 0.05) is 16.4 Å². The Morgan fingerprint density at radius 3 is 2.48 bits per heavy atom. The standard InChI is InChI=1S/C22H24ClN3O2.ClH/c23-17-7-6-16-12-20(27)26(19(16)13-17)14-15-4-8-18(9-5-15)25-21(28)22(24)10-2-1-3-11-22;/h4-9,13H,1-3,10-12,14,24H2,(H,25,28);1H. The van der Waals surface area contributed by atoms with Crippen LogP contribution in [-0.4, -0.2) is 17.4 Å². The first kappa shape index (κ1) is 21.6. The first-order chi connectivity index (χ1) is 13.4. The number of hydrogen-bond donors (Lipinski definition) is 2. The van der Waals surface area contributed by atoms with Gasteiger partial charge in [0.15, 0.2) is 0 Å². The van der Waals surface area contributed by atoms with Gasteiger partial charge >= 0.3 is 0 Å². The molecular weight excluding hydrogens is 409 g/mol. The van der Waals surface area contributed by atoms with Crippen LogP contribution in [0.5, 0.6) is 0 Å². The highest BCUT2D eigenvalue weighted by molar-refractivity contribution is 6.31. The molecule has 2 aromatic carbocycles. The van der Waals surface area contributed by atoms with Gasteiger partial charge < -0.3 is 16.0 Å². The number of carbonyl (C=O) groups excluding carboxylic acids is 2. The van der Waals surface area contributed by atoms with Crippen molar-refractivity contribution in [2.24, 2.45) is 5.73 Å². The topological polar surface area (TPSA) is 75.4 Å². The summed E-state index contributed by atoms with van der Waals surface area (Å²) in [7, 11) is 0. The largest absolute Gasteiger partial charge is 0.324 e. The molecule has 5 nitrogen and oxygen atoms in total. The lowest BCUT2D eigenvalue weighted by molar-refractivity contribution is -0.122. The van der Waals surface area contributed by atoms with Gasteiger partial charge in [0.1, 0.15) is 0 Å². The zero-order chi connectivity index (χ0) is 19.7. The van der Waals surface area contributed by atoms with Crippen molar-refractivity contribution in [2.75, 3.05) is 10.2 Å². The van der Waals surface area contributed by atoms with E-state index in [2.05, 4.69) is 5.32 Å². The molecule has 3 N–H and O–H groups in total. The molecule has 0 bridgehead atoms. The minimum atomic E-state index is -0.762. The van der Waals surface area contributed by atoms with Crippen LogP contribution in [0.2, 0.25) is 5.02 Å². The fourth-order valence-corrected chi connectivity index (χ4v) is 4.21. The molecule has 7 heteroatoms. The number of fused-ring (bicyclic) bond motifs is 1. The molecule has 29 heavy (non-hydrogen) atoms. The molecule has 1 aliphatic carbocycles. The molecule has 0 radical (unpaired) electrons. The number of amides is 2. The smallest absolute Gasteiger partial charge is 0.244 e. The summed E-state index contributed by atoms with van der Waals surface area (Å²) in [6.45, 7) is 0.473. The molecule has 2 amide bonds. The van der Waals surface area contributed by atoms with Gasteiger partial charge in [-0.25, -0.2) is 0 Å². The van der Waals surface area contributed by atoms with Crippen molar-refractivity contribution in [3.63, 3.8) is 0 Å². The average Bonchev–Trinajstić information content (AvgIpc) is 2.99. The molecule has 1 saturated carbocycles. The van der Waals surface area contributed by atoms with Crippen molar-refractivity contribution in [3.8, 4) is 0 Å². The van der Waals surface area contributed by atoms with Gasteiger partial charge in [-0.3, -0.25) is 9.59 Å². The van der Waals surface area contributed by atoms with Crippen LogP contribution in [-0.2, 0) is 22.6 Å². The van der Waals surface area contributed by atoms with Crippen molar-refractivity contribution < 1.29 is 9.59 Å². The quantitative estimate of drug-likeness (QED) is 0.747. The first-order valence-corrected chi connectivity index (χ1v) is 10.1. The molecule has 1 aliphatic heterocycles. The summed E-state index contributed by atoms with van der Waals surface area (Å²) < 4.78 is 0. The van der Waals surface area contributed by atoms with E-state index in [0.717, 1.165) is 54.6 Å². The van der Waals surface area contributed by atoms with Crippen molar-refractivity contribution in [1.82, 2.24) is 0 Å². The number of benzene rings is 2. The third-order valence-corrected chi connectivity index (χ3v) is 5.97. The molecule has 0 unspecified atom stereocenters. The molecule has 2 aliphatic rings. The summed E-state index contributed by atoms with van der Waals surface area (Å²) in [6, 6.07) is 13.1. The Balaban J connectivity index is 0.00000240. The van der Waals surface area contributed by atoms with Gasteiger partial charge in [-0.15, -0.1) is 12.4 Å². The molecule has 154 valence electrons. The van der Waals surface area contributed by atoms with E-state index in [1.165, 1.54) is 0 Å². The maximum atomic E-state index is 12.6. The molecule has 0 atom stereocenters. The van der Waals surface area contributed by atoms with Gasteiger partial charge in [0.05, 0.1) is 18.5 Å². The second kappa shape index (κ2) is 8.74. The lowest BCUT2D eigenvalue weighted by Gasteiger charge is -2.31. The zero-order valence-electron chi connectivity index (χ0n) is 16.1. The first-order valence-electron chi connectivity index (χ1n) is 9.73. The van der Waals surface area contributed by atoms with Crippen LogP contribution < -0.4 is 16.0 Å². The summed E-state index contributed by atoms with van der Waals surface area (Å²) in [6.07, 6.45) is 5.01.